The highest BCUT2D eigenvalue weighted by Gasteiger charge is 2.23. The minimum atomic E-state index is -0.870. The lowest BCUT2D eigenvalue weighted by Gasteiger charge is -2.15. The van der Waals surface area contributed by atoms with Crippen LogP contribution in [0.5, 0.6) is 0 Å². The number of carboxylic acid groups (broad SMARTS) is 1. The van der Waals surface area contributed by atoms with Gasteiger partial charge in [0.1, 0.15) is 0 Å². The van der Waals surface area contributed by atoms with Gasteiger partial charge in [0.2, 0.25) is 5.28 Å². The largest absolute Gasteiger partial charge is 0.569 e. The zero-order chi connectivity index (χ0) is 16.5. The number of ether oxygens (including phenoxy) is 1. The molecule has 0 unspecified atom stereocenters. The molecule has 0 saturated carbocycles. The maximum absolute atomic E-state index is 11.4. The molecule has 0 aliphatic rings. The van der Waals surface area contributed by atoms with Gasteiger partial charge in [-0.25, -0.2) is 0 Å². The van der Waals surface area contributed by atoms with Crippen molar-refractivity contribution in [1.82, 2.24) is 5.01 Å². The number of carbonyl (C=O) groups is 2. The minimum absolute atomic E-state index is 0.0586. The fourth-order valence-electron chi connectivity index (χ4n) is 1.13. The lowest BCUT2D eigenvalue weighted by molar-refractivity contribution is -0.706. The number of aliphatic carboxylic acids is 1. The molecule has 0 heterocycles. The Kier molecular flexibility index (Phi) is 8.10. The normalized spacial score (nSPS) is 11.9. The summed E-state index contributed by atoms with van der Waals surface area (Å²) < 4.78 is 4.76. The molecule has 21 heavy (non-hydrogen) atoms. The average molecular weight is 305 g/mol. The van der Waals surface area contributed by atoms with E-state index in [-0.39, 0.29) is 11.4 Å². The molecular weight excluding hydrogens is 282 g/mol. The third-order valence-corrected chi connectivity index (χ3v) is 2.40. The number of carboxylic acids is 1. The van der Waals surface area contributed by atoms with Crippen LogP contribution in [0.15, 0.2) is 5.28 Å². The fraction of sp³-hybridized carbons (Fsp3) is 0.833. The molecule has 0 radical (unpaired) electrons. The van der Waals surface area contributed by atoms with Crippen LogP contribution >= 0.6 is 0 Å². The number of hydrogen-bond donors (Lipinski definition) is 1. The Labute approximate surface area is 123 Å². The van der Waals surface area contributed by atoms with E-state index in [1.807, 2.05) is 0 Å². The van der Waals surface area contributed by atoms with E-state index in [0.29, 0.717) is 19.4 Å². The van der Waals surface area contributed by atoms with Crippen LogP contribution < -0.4 is 0 Å². The molecule has 0 amide bonds. The summed E-state index contributed by atoms with van der Waals surface area (Å²) in [6, 6.07) is 0. The van der Waals surface area contributed by atoms with Crippen molar-refractivity contribution < 1.29 is 29.2 Å². The molecule has 0 fully saturated rings. The Hall–Kier alpha value is -2.06. The van der Waals surface area contributed by atoms with Crippen molar-refractivity contribution in [2.75, 3.05) is 20.4 Å². The van der Waals surface area contributed by atoms with Crippen LogP contribution in [0.25, 0.3) is 0 Å². The van der Waals surface area contributed by atoms with Gasteiger partial charge in [0, 0.05) is 6.42 Å². The van der Waals surface area contributed by atoms with Crippen LogP contribution in [0.2, 0.25) is 0 Å². The van der Waals surface area contributed by atoms with E-state index in [9.17, 15) is 14.8 Å². The summed E-state index contributed by atoms with van der Waals surface area (Å²) in [5.74, 6) is -1.33. The SMILES string of the molecule is CN(CCCCC(=O)O)/[N+]([O-])=N\OCOC(=O)C(C)(C)C. The Morgan fingerprint density at radius 3 is 2.48 bits per heavy atom. The highest BCUT2D eigenvalue weighted by Crippen LogP contribution is 2.14. The van der Waals surface area contributed by atoms with Crippen molar-refractivity contribution in [3.05, 3.63) is 5.21 Å². The van der Waals surface area contributed by atoms with Gasteiger partial charge in [-0.1, -0.05) is 0 Å². The first-order chi connectivity index (χ1) is 9.64. The van der Waals surface area contributed by atoms with Crippen molar-refractivity contribution in [3.63, 3.8) is 0 Å². The van der Waals surface area contributed by atoms with E-state index < -0.39 is 24.1 Å². The summed E-state index contributed by atoms with van der Waals surface area (Å²) in [4.78, 5) is 26.5. The van der Waals surface area contributed by atoms with Crippen molar-refractivity contribution in [2.45, 2.75) is 40.0 Å². The second-order valence-corrected chi connectivity index (χ2v) is 5.50. The quantitative estimate of drug-likeness (QED) is 0.171. The molecule has 0 atom stereocenters. The molecule has 0 aliphatic carbocycles. The number of hydrazine groups is 1. The fourth-order valence-corrected chi connectivity index (χ4v) is 1.13. The Bertz CT molecular complexity index is 378. The van der Waals surface area contributed by atoms with Gasteiger partial charge in [-0.2, -0.15) is 0 Å². The first kappa shape index (κ1) is 18.9. The molecule has 0 aromatic carbocycles. The highest BCUT2D eigenvalue weighted by atomic mass is 16.8. The van der Waals surface area contributed by atoms with Gasteiger partial charge < -0.3 is 19.9 Å². The molecule has 0 bridgehead atoms. The Balaban J connectivity index is 3.91. The van der Waals surface area contributed by atoms with Crippen LogP contribution in [0.3, 0.4) is 0 Å². The maximum Gasteiger partial charge on any atom is 0.314 e. The highest BCUT2D eigenvalue weighted by molar-refractivity contribution is 5.75. The molecule has 0 aromatic heterocycles. The first-order valence-electron chi connectivity index (χ1n) is 6.55. The Morgan fingerprint density at radius 2 is 1.95 bits per heavy atom. The summed E-state index contributed by atoms with van der Waals surface area (Å²) in [6.07, 6.45) is 1.07. The van der Waals surface area contributed by atoms with Crippen LogP contribution in [0.4, 0.5) is 0 Å². The zero-order valence-corrected chi connectivity index (χ0v) is 12.9. The third kappa shape index (κ3) is 9.47. The van der Waals surface area contributed by atoms with Gasteiger partial charge in [0.25, 0.3) is 6.79 Å². The van der Waals surface area contributed by atoms with Crippen LogP contribution in [-0.2, 0) is 19.2 Å². The molecule has 0 aliphatic heterocycles. The number of unbranched alkanes of at least 4 members (excludes halogenated alkanes) is 1. The van der Waals surface area contributed by atoms with Crippen molar-refractivity contribution in [1.29, 1.82) is 0 Å². The number of rotatable bonds is 9. The van der Waals surface area contributed by atoms with E-state index in [2.05, 4.69) is 10.1 Å². The second-order valence-electron chi connectivity index (χ2n) is 5.50. The summed E-state index contributed by atoms with van der Waals surface area (Å²) in [7, 11) is 1.49. The van der Waals surface area contributed by atoms with Crippen molar-refractivity contribution in [3.8, 4) is 0 Å². The van der Waals surface area contributed by atoms with Crippen LogP contribution in [-0.4, -0.2) is 47.4 Å². The molecule has 122 valence electrons. The number of hydrogen-bond acceptors (Lipinski definition) is 6. The van der Waals surface area contributed by atoms with Crippen molar-refractivity contribution in [2.24, 2.45) is 10.7 Å². The third-order valence-electron chi connectivity index (χ3n) is 2.40. The van der Waals surface area contributed by atoms with Gasteiger partial charge in [0.15, 0.2) is 0 Å². The lowest BCUT2D eigenvalue weighted by Crippen LogP contribution is -2.28. The predicted octanol–water partition coefficient (Wildman–Crippen LogP) is 1.53. The molecule has 9 heteroatoms. The summed E-state index contributed by atoms with van der Waals surface area (Å²) in [5, 5.41) is 24.3. The predicted molar refractivity (Wildman–Crippen MR) is 71.7 cm³/mol. The summed E-state index contributed by atoms with van der Waals surface area (Å²) in [6.45, 7) is 4.97. The van der Waals surface area contributed by atoms with Crippen molar-refractivity contribution >= 4 is 11.9 Å². The van der Waals surface area contributed by atoms with E-state index in [4.69, 9.17) is 9.84 Å². The number of esters is 1. The van der Waals surface area contributed by atoms with Crippen LogP contribution in [0.1, 0.15) is 40.0 Å². The lowest BCUT2D eigenvalue weighted by atomic mass is 9.98. The minimum Gasteiger partial charge on any atom is -0.569 e. The standard InChI is InChI=1S/C12H23N3O6/c1-12(2,3)11(18)20-9-21-13-15(19)14(4)8-6-5-7-10(16)17/h5-9H2,1-4H3,(H,16,17)/b15-13+. The number of carbonyl (C=O) groups excluding carboxylic acids is 1. The van der Waals surface area contributed by atoms with Gasteiger partial charge in [0.05, 0.1) is 24.0 Å². The molecule has 0 saturated heterocycles. The first-order valence-corrected chi connectivity index (χ1v) is 6.55. The number of nitrogens with zero attached hydrogens (tertiary/aromatic N) is 3. The van der Waals surface area contributed by atoms with E-state index in [1.54, 1.807) is 20.8 Å². The van der Waals surface area contributed by atoms with Gasteiger partial charge in [-0.15, -0.1) is 5.01 Å². The van der Waals surface area contributed by atoms with Gasteiger partial charge in [-0.3, -0.25) is 9.59 Å². The molecular formula is C12H23N3O6. The van der Waals surface area contributed by atoms with Gasteiger partial charge >= 0.3 is 11.9 Å². The molecule has 0 rings (SSSR count). The smallest absolute Gasteiger partial charge is 0.314 e. The molecule has 1 N–H and O–H groups in total. The maximum atomic E-state index is 11.4. The molecule has 9 nitrogen and oxygen atoms in total. The van der Waals surface area contributed by atoms with E-state index in [1.165, 1.54) is 12.1 Å². The van der Waals surface area contributed by atoms with Gasteiger partial charge in [-0.05, 0) is 33.6 Å². The topological polar surface area (TPSA) is 114 Å². The second kappa shape index (κ2) is 8.98. The van der Waals surface area contributed by atoms with Crippen LogP contribution in [0, 0.1) is 10.6 Å². The monoisotopic (exact) mass is 305 g/mol. The summed E-state index contributed by atoms with van der Waals surface area (Å²) >= 11 is 0. The molecule has 0 aromatic rings. The van der Waals surface area contributed by atoms with E-state index >= 15 is 0 Å². The van der Waals surface area contributed by atoms with E-state index in [0.717, 1.165) is 0 Å². The molecule has 0 spiro atoms. The Morgan fingerprint density at radius 1 is 1.33 bits per heavy atom. The average Bonchev–Trinajstić information content (AvgIpc) is 2.37. The summed E-state index contributed by atoms with van der Waals surface area (Å²) in [5.41, 5.74) is -0.651. The zero-order valence-electron chi connectivity index (χ0n) is 12.9.